The van der Waals surface area contributed by atoms with Gasteiger partial charge >= 0.3 is 0 Å². The van der Waals surface area contributed by atoms with Crippen LogP contribution in [0.4, 0.5) is 0 Å². The van der Waals surface area contributed by atoms with Crippen molar-refractivity contribution >= 4 is 45.2 Å². The second-order valence-electron chi connectivity index (χ2n) is 4.03. The Balaban J connectivity index is 2.10. The summed E-state index contributed by atoms with van der Waals surface area (Å²) in [6.45, 7) is 0.541. The van der Waals surface area contributed by atoms with Crippen LogP contribution >= 0.6 is 34.2 Å². The van der Waals surface area contributed by atoms with Crippen LogP contribution in [0.3, 0.4) is 0 Å². The molecule has 0 N–H and O–H groups in total. The molecular formula is C12H10ClIN4O. The van der Waals surface area contributed by atoms with E-state index in [4.69, 9.17) is 16.1 Å². The standard InChI is InChI=1S/C12H10ClIN4O/c13-4-3-12-16-9-5-8(14)1-2-10(9)18(12)6-11-15-7-19-17-11/h1-2,5,7H,3-4,6H2. The van der Waals surface area contributed by atoms with Crippen molar-refractivity contribution in [1.82, 2.24) is 19.7 Å². The summed E-state index contributed by atoms with van der Waals surface area (Å²) >= 11 is 8.12. The van der Waals surface area contributed by atoms with Gasteiger partial charge in [0.15, 0.2) is 5.82 Å². The lowest BCUT2D eigenvalue weighted by Gasteiger charge is -2.05. The zero-order valence-corrected chi connectivity index (χ0v) is 12.8. The fourth-order valence-electron chi connectivity index (χ4n) is 2.01. The van der Waals surface area contributed by atoms with Crippen molar-refractivity contribution in [2.75, 3.05) is 5.88 Å². The first-order chi connectivity index (χ1) is 9.28. The molecule has 19 heavy (non-hydrogen) atoms. The molecule has 5 nitrogen and oxygen atoms in total. The lowest BCUT2D eigenvalue weighted by atomic mass is 10.3. The van der Waals surface area contributed by atoms with E-state index < -0.39 is 0 Å². The lowest BCUT2D eigenvalue weighted by molar-refractivity contribution is 0.408. The molecule has 0 radical (unpaired) electrons. The highest BCUT2D eigenvalue weighted by Gasteiger charge is 2.12. The number of benzene rings is 1. The summed E-state index contributed by atoms with van der Waals surface area (Å²) < 4.78 is 8.01. The summed E-state index contributed by atoms with van der Waals surface area (Å²) in [5.74, 6) is 2.11. The van der Waals surface area contributed by atoms with Gasteiger partial charge in [0.1, 0.15) is 5.82 Å². The Morgan fingerprint density at radius 2 is 2.26 bits per heavy atom. The van der Waals surface area contributed by atoms with Gasteiger partial charge in [0.2, 0.25) is 6.39 Å². The third-order valence-corrected chi connectivity index (χ3v) is 3.67. The zero-order valence-electron chi connectivity index (χ0n) is 9.88. The van der Waals surface area contributed by atoms with Crippen LogP contribution in [-0.4, -0.2) is 25.6 Å². The van der Waals surface area contributed by atoms with E-state index in [1.165, 1.54) is 6.39 Å². The van der Waals surface area contributed by atoms with Gasteiger partial charge in [-0.25, -0.2) is 4.98 Å². The van der Waals surface area contributed by atoms with Gasteiger partial charge in [0.25, 0.3) is 0 Å². The maximum Gasteiger partial charge on any atom is 0.213 e. The van der Waals surface area contributed by atoms with Crippen molar-refractivity contribution in [2.45, 2.75) is 13.0 Å². The molecule has 0 saturated carbocycles. The fourth-order valence-corrected chi connectivity index (χ4v) is 2.65. The van der Waals surface area contributed by atoms with Gasteiger partial charge in [-0.15, -0.1) is 11.6 Å². The normalized spacial score (nSPS) is 11.3. The number of alkyl halides is 1. The highest BCUT2D eigenvalue weighted by atomic mass is 127. The quantitative estimate of drug-likeness (QED) is 0.509. The maximum absolute atomic E-state index is 5.84. The number of aryl methyl sites for hydroxylation is 1. The average molecular weight is 389 g/mol. The van der Waals surface area contributed by atoms with Gasteiger partial charge in [-0.05, 0) is 40.8 Å². The smallest absolute Gasteiger partial charge is 0.213 e. The Morgan fingerprint density at radius 1 is 1.37 bits per heavy atom. The van der Waals surface area contributed by atoms with Crippen LogP contribution in [0.2, 0.25) is 0 Å². The van der Waals surface area contributed by atoms with Crippen LogP contribution in [-0.2, 0) is 13.0 Å². The largest absolute Gasteiger partial charge is 0.343 e. The van der Waals surface area contributed by atoms with Crippen LogP contribution in [0, 0.1) is 3.57 Å². The molecule has 0 amide bonds. The molecule has 0 aliphatic carbocycles. The summed E-state index contributed by atoms with van der Waals surface area (Å²) in [5, 5.41) is 3.85. The Labute approximate surface area is 128 Å². The van der Waals surface area contributed by atoms with Crippen molar-refractivity contribution in [3.63, 3.8) is 0 Å². The SMILES string of the molecule is ClCCc1nc2cc(I)ccc2n1Cc1ncon1. The molecular weight excluding hydrogens is 379 g/mol. The molecule has 0 spiro atoms. The van der Waals surface area contributed by atoms with E-state index in [1.807, 2.05) is 0 Å². The van der Waals surface area contributed by atoms with Crippen molar-refractivity contribution in [2.24, 2.45) is 0 Å². The first kappa shape index (κ1) is 12.9. The van der Waals surface area contributed by atoms with Crippen LogP contribution in [0.25, 0.3) is 11.0 Å². The van der Waals surface area contributed by atoms with E-state index in [0.29, 0.717) is 24.7 Å². The molecule has 0 bridgehead atoms. The Morgan fingerprint density at radius 3 is 3.00 bits per heavy atom. The molecule has 0 unspecified atom stereocenters. The molecule has 3 aromatic rings. The maximum atomic E-state index is 5.84. The van der Waals surface area contributed by atoms with E-state index in [2.05, 4.69) is 60.5 Å². The monoisotopic (exact) mass is 388 g/mol. The minimum absolute atomic E-state index is 0.534. The predicted molar refractivity (Wildman–Crippen MR) is 80.3 cm³/mol. The predicted octanol–water partition coefficient (Wildman–Crippen LogP) is 2.85. The summed E-state index contributed by atoms with van der Waals surface area (Å²) in [4.78, 5) is 8.69. The summed E-state index contributed by atoms with van der Waals surface area (Å²) in [7, 11) is 0. The second kappa shape index (κ2) is 5.46. The average Bonchev–Trinajstić information content (AvgIpc) is 2.99. The van der Waals surface area contributed by atoms with Gasteiger partial charge < -0.3 is 9.09 Å². The van der Waals surface area contributed by atoms with Gasteiger partial charge in [-0.2, -0.15) is 4.98 Å². The van der Waals surface area contributed by atoms with Crippen LogP contribution in [0.5, 0.6) is 0 Å². The molecule has 2 aromatic heterocycles. The highest BCUT2D eigenvalue weighted by Crippen LogP contribution is 2.20. The van der Waals surface area contributed by atoms with Crippen LogP contribution in [0.1, 0.15) is 11.6 Å². The van der Waals surface area contributed by atoms with Gasteiger partial charge in [0, 0.05) is 15.9 Å². The van der Waals surface area contributed by atoms with Crippen molar-refractivity contribution in [3.05, 3.63) is 39.8 Å². The first-order valence-electron chi connectivity index (χ1n) is 5.74. The Bertz CT molecular complexity index is 695. The van der Waals surface area contributed by atoms with E-state index in [9.17, 15) is 0 Å². The molecule has 0 atom stereocenters. The molecule has 1 aromatic carbocycles. The minimum Gasteiger partial charge on any atom is -0.343 e. The number of hydrogen-bond donors (Lipinski definition) is 0. The van der Waals surface area contributed by atoms with Crippen LogP contribution in [0.15, 0.2) is 29.1 Å². The third-order valence-electron chi connectivity index (χ3n) is 2.81. The second-order valence-corrected chi connectivity index (χ2v) is 5.66. The fraction of sp³-hybridized carbons (Fsp3) is 0.250. The zero-order chi connectivity index (χ0) is 13.2. The molecule has 0 aliphatic rings. The molecule has 3 rings (SSSR count). The van der Waals surface area contributed by atoms with E-state index in [1.54, 1.807) is 0 Å². The van der Waals surface area contributed by atoms with E-state index in [0.717, 1.165) is 20.4 Å². The number of halogens is 2. The van der Waals surface area contributed by atoms with E-state index >= 15 is 0 Å². The number of nitrogens with zero attached hydrogens (tertiary/aromatic N) is 4. The number of rotatable bonds is 4. The van der Waals surface area contributed by atoms with E-state index in [-0.39, 0.29) is 0 Å². The molecule has 7 heteroatoms. The molecule has 0 fully saturated rings. The molecule has 0 aliphatic heterocycles. The van der Waals surface area contributed by atoms with Gasteiger partial charge in [0.05, 0.1) is 17.6 Å². The molecule has 0 saturated heterocycles. The van der Waals surface area contributed by atoms with Crippen molar-refractivity contribution in [1.29, 1.82) is 0 Å². The van der Waals surface area contributed by atoms with Crippen molar-refractivity contribution in [3.8, 4) is 0 Å². The number of fused-ring (bicyclic) bond motifs is 1. The lowest BCUT2D eigenvalue weighted by Crippen LogP contribution is -2.07. The Kier molecular flexibility index (Phi) is 3.69. The number of aromatic nitrogens is 4. The topological polar surface area (TPSA) is 56.7 Å². The summed E-state index contributed by atoms with van der Waals surface area (Å²) in [5.41, 5.74) is 2.03. The first-order valence-corrected chi connectivity index (χ1v) is 7.35. The summed E-state index contributed by atoms with van der Waals surface area (Å²) in [6, 6.07) is 6.17. The summed E-state index contributed by atoms with van der Waals surface area (Å²) in [6.07, 6.45) is 2.04. The molecule has 2 heterocycles. The number of hydrogen-bond acceptors (Lipinski definition) is 4. The van der Waals surface area contributed by atoms with Gasteiger partial charge in [-0.1, -0.05) is 5.16 Å². The molecule has 98 valence electrons. The highest BCUT2D eigenvalue weighted by molar-refractivity contribution is 14.1. The third kappa shape index (κ3) is 2.59. The van der Waals surface area contributed by atoms with Crippen LogP contribution < -0.4 is 0 Å². The Hall–Kier alpha value is -1.15. The van der Waals surface area contributed by atoms with Crippen molar-refractivity contribution < 1.29 is 4.52 Å². The van der Waals surface area contributed by atoms with Gasteiger partial charge in [-0.3, -0.25) is 0 Å². The number of imidazole rings is 1. The minimum atomic E-state index is 0.534.